The molecule has 0 spiro atoms. The summed E-state index contributed by atoms with van der Waals surface area (Å²) in [6.45, 7) is 5.70. The van der Waals surface area contributed by atoms with E-state index in [0.29, 0.717) is 30.5 Å². The van der Waals surface area contributed by atoms with Gasteiger partial charge in [-0.2, -0.15) is 5.10 Å². The number of hydrogen-bond acceptors (Lipinski definition) is 6. The first-order valence-corrected chi connectivity index (χ1v) is 12.6. The van der Waals surface area contributed by atoms with Crippen LogP contribution >= 0.6 is 11.6 Å². The molecule has 0 saturated carbocycles. The number of aromatic nitrogens is 2. The maximum absolute atomic E-state index is 12.9. The lowest BCUT2D eigenvalue weighted by Gasteiger charge is -2.34. The number of amides is 1. The Morgan fingerprint density at radius 1 is 1.14 bits per heavy atom. The average molecular weight is 521 g/mol. The summed E-state index contributed by atoms with van der Waals surface area (Å²) in [4.78, 5) is 17.1. The summed E-state index contributed by atoms with van der Waals surface area (Å²) in [6, 6.07) is 17.8. The molecule has 10 heteroatoms. The summed E-state index contributed by atoms with van der Waals surface area (Å²) < 4.78 is 1.94. The van der Waals surface area contributed by atoms with Gasteiger partial charge in [-0.05, 0) is 42.3 Å². The topological polar surface area (TPSA) is 109 Å². The summed E-state index contributed by atoms with van der Waals surface area (Å²) in [5.74, 6) is 6.26. The van der Waals surface area contributed by atoms with Gasteiger partial charge in [0, 0.05) is 56.4 Å². The number of nitrogens with zero attached hydrogens (tertiary/aromatic N) is 6. The normalized spacial score (nSPS) is 14.9. The van der Waals surface area contributed by atoms with Crippen LogP contribution in [0.25, 0.3) is 17.3 Å². The molecule has 4 rings (SSSR count). The molecule has 1 aliphatic heterocycles. The second-order valence-corrected chi connectivity index (χ2v) is 9.56. The van der Waals surface area contributed by atoms with E-state index in [-0.39, 0.29) is 5.91 Å². The number of rotatable bonds is 8. The van der Waals surface area contributed by atoms with Crippen LogP contribution in [0.2, 0.25) is 5.02 Å². The van der Waals surface area contributed by atoms with Crippen molar-refractivity contribution in [1.29, 1.82) is 0 Å². The van der Waals surface area contributed by atoms with Crippen LogP contribution in [0.15, 0.2) is 65.8 Å². The predicted molar refractivity (Wildman–Crippen MR) is 148 cm³/mol. The number of hydrogen-bond donors (Lipinski definition) is 2. The first kappa shape index (κ1) is 26.4. The first-order chi connectivity index (χ1) is 17.8. The quantitative estimate of drug-likeness (QED) is 0.155. The van der Waals surface area contributed by atoms with Gasteiger partial charge in [0.2, 0.25) is 5.91 Å². The molecule has 4 N–H and O–H groups in total. The minimum absolute atomic E-state index is 0.0205. The van der Waals surface area contributed by atoms with E-state index in [1.165, 1.54) is 5.12 Å². The molecule has 0 radical (unpaired) electrons. The lowest BCUT2D eigenvalue weighted by Crippen LogP contribution is -2.48. The van der Waals surface area contributed by atoms with Crippen LogP contribution in [0.5, 0.6) is 0 Å². The van der Waals surface area contributed by atoms with Gasteiger partial charge in [-0.1, -0.05) is 48.0 Å². The Labute approximate surface area is 222 Å². The third-order valence-corrected chi connectivity index (χ3v) is 6.48. The van der Waals surface area contributed by atoms with E-state index in [1.54, 1.807) is 25.1 Å². The highest BCUT2D eigenvalue weighted by molar-refractivity contribution is 6.30. The Morgan fingerprint density at radius 2 is 1.86 bits per heavy atom. The summed E-state index contributed by atoms with van der Waals surface area (Å²) in [6.07, 6.45) is 3.40. The van der Waals surface area contributed by atoms with Crippen LogP contribution in [-0.4, -0.2) is 62.6 Å². The number of carbonyl (C=O) groups excluding carboxylic acids is 1. The molecule has 1 fully saturated rings. The van der Waals surface area contributed by atoms with Crippen molar-refractivity contribution < 1.29 is 4.79 Å². The number of hydrazine groups is 1. The zero-order valence-electron chi connectivity index (χ0n) is 21.2. The van der Waals surface area contributed by atoms with Crippen molar-refractivity contribution in [2.75, 3.05) is 26.2 Å². The number of hydrazone groups is 1. The van der Waals surface area contributed by atoms with Crippen LogP contribution in [0.1, 0.15) is 23.7 Å². The minimum atomic E-state index is -0.0205. The highest BCUT2D eigenvalue weighted by Gasteiger charge is 2.21. The van der Waals surface area contributed by atoms with E-state index in [4.69, 9.17) is 23.2 Å². The molecule has 0 bridgehead atoms. The standard InChI is InChI=1S/C27H33ClN8O/c1-20(29)31-36(30)18-23-16-24(28)10-8-21(23)9-11-27(37)35-14-12-34(13-15-35)19-25-17-26(32-33(25)2)22-6-4-3-5-7-22/h3-11,16-17H,12-15,18-19,30H2,1-2H3,(H2,29,31)/b11-9+. The number of nitrogens with two attached hydrogens (primary N) is 2. The van der Waals surface area contributed by atoms with Gasteiger partial charge in [-0.25, -0.2) is 11.0 Å². The second-order valence-electron chi connectivity index (χ2n) is 9.13. The molecule has 9 nitrogen and oxygen atoms in total. The van der Waals surface area contributed by atoms with Crippen molar-refractivity contribution in [3.8, 4) is 11.3 Å². The fourth-order valence-electron chi connectivity index (χ4n) is 4.31. The van der Waals surface area contributed by atoms with Gasteiger partial charge in [0.05, 0.1) is 17.9 Å². The van der Waals surface area contributed by atoms with E-state index in [1.807, 2.05) is 47.0 Å². The molecule has 37 heavy (non-hydrogen) atoms. The molecular formula is C27H33ClN8O. The summed E-state index contributed by atoms with van der Waals surface area (Å²) >= 11 is 6.18. The van der Waals surface area contributed by atoms with Crippen molar-refractivity contribution in [3.05, 3.63) is 82.5 Å². The number of amidine groups is 1. The summed E-state index contributed by atoms with van der Waals surface area (Å²) in [5, 5.41) is 10.5. The molecule has 1 saturated heterocycles. The van der Waals surface area contributed by atoms with E-state index >= 15 is 0 Å². The van der Waals surface area contributed by atoms with Crippen molar-refractivity contribution in [2.24, 2.45) is 23.7 Å². The van der Waals surface area contributed by atoms with Crippen LogP contribution in [0.4, 0.5) is 0 Å². The van der Waals surface area contributed by atoms with Gasteiger partial charge in [-0.3, -0.25) is 14.4 Å². The third-order valence-electron chi connectivity index (χ3n) is 6.24. The van der Waals surface area contributed by atoms with Crippen LogP contribution in [0, 0.1) is 0 Å². The Kier molecular flexibility index (Phi) is 8.60. The van der Waals surface area contributed by atoms with E-state index in [9.17, 15) is 4.79 Å². The Bertz CT molecular complexity index is 1270. The van der Waals surface area contributed by atoms with Crippen LogP contribution in [-0.2, 0) is 24.9 Å². The van der Waals surface area contributed by atoms with Crippen molar-refractivity contribution in [2.45, 2.75) is 20.0 Å². The molecule has 0 atom stereocenters. The van der Waals surface area contributed by atoms with E-state index in [2.05, 4.69) is 33.3 Å². The van der Waals surface area contributed by atoms with Gasteiger partial charge in [0.15, 0.2) is 0 Å². The third kappa shape index (κ3) is 7.19. The van der Waals surface area contributed by atoms with Gasteiger partial charge < -0.3 is 10.6 Å². The lowest BCUT2D eigenvalue weighted by molar-refractivity contribution is -0.127. The number of piperazine rings is 1. The molecule has 1 aromatic heterocycles. The molecule has 2 aromatic carbocycles. The molecule has 2 heterocycles. The van der Waals surface area contributed by atoms with Gasteiger partial charge in [0.25, 0.3) is 0 Å². The molecule has 1 aliphatic rings. The zero-order chi connectivity index (χ0) is 26.4. The van der Waals surface area contributed by atoms with Crippen LogP contribution in [0.3, 0.4) is 0 Å². The average Bonchev–Trinajstić information content (AvgIpc) is 3.24. The Hall–Kier alpha value is -3.66. The second kappa shape index (κ2) is 12.1. The van der Waals surface area contributed by atoms with Crippen molar-refractivity contribution in [3.63, 3.8) is 0 Å². The molecular weight excluding hydrogens is 488 g/mol. The molecule has 3 aromatic rings. The Balaban J connectivity index is 1.33. The Morgan fingerprint density at radius 3 is 2.57 bits per heavy atom. The monoisotopic (exact) mass is 520 g/mol. The largest absolute Gasteiger partial charge is 0.386 e. The summed E-state index contributed by atoms with van der Waals surface area (Å²) in [5.41, 5.74) is 10.5. The number of aryl methyl sites for hydroxylation is 1. The van der Waals surface area contributed by atoms with Crippen LogP contribution < -0.4 is 11.6 Å². The predicted octanol–water partition coefficient (Wildman–Crippen LogP) is 3.07. The van der Waals surface area contributed by atoms with Gasteiger partial charge >= 0.3 is 0 Å². The van der Waals surface area contributed by atoms with Gasteiger partial charge in [-0.15, -0.1) is 5.10 Å². The number of benzene rings is 2. The minimum Gasteiger partial charge on any atom is -0.386 e. The lowest BCUT2D eigenvalue weighted by atomic mass is 10.1. The van der Waals surface area contributed by atoms with Gasteiger partial charge in [0.1, 0.15) is 5.84 Å². The number of carbonyl (C=O) groups is 1. The summed E-state index contributed by atoms with van der Waals surface area (Å²) in [7, 11) is 1.98. The zero-order valence-corrected chi connectivity index (χ0v) is 22.0. The number of halogens is 1. The fraction of sp³-hybridized carbons (Fsp3) is 0.296. The van der Waals surface area contributed by atoms with E-state index in [0.717, 1.165) is 47.7 Å². The van der Waals surface area contributed by atoms with Crippen molar-refractivity contribution >= 4 is 29.4 Å². The smallest absolute Gasteiger partial charge is 0.246 e. The molecule has 0 unspecified atom stereocenters. The molecule has 194 valence electrons. The highest BCUT2D eigenvalue weighted by Crippen LogP contribution is 2.21. The van der Waals surface area contributed by atoms with E-state index < -0.39 is 0 Å². The molecule has 0 aliphatic carbocycles. The maximum atomic E-state index is 12.9. The maximum Gasteiger partial charge on any atom is 0.246 e. The fourth-order valence-corrected chi connectivity index (χ4v) is 4.51. The molecule has 1 amide bonds. The highest BCUT2D eigenvalue weighted by atomic mass is 35.5. The SMILES string of the molecule is C/C(N)=N/N(N)Cc1cc(Cl)ccc1/C=C/C(=O)N1CCN(Cc2cc(-c3ccccc3)nn2C)CC1. The first-order valence-electron chi connectivity index (χ1n) is 12.2. The van der Waals surface area contributed by atoms with Crippen molar-refractivity contribution in [1.82, 2.24) is 24.7 Å².